The lowest BCUT2D eigenvalue weighted by Crippen LogP contribution is -2.51. The number of carbonyl (C=O) groups is 3. The molecule has 1 aromatic heterocycles. The Hall–Kier alpha value is -3.07. The van der Waals surface area contributed by atoms with Gasteiger partial charge in [-0.1, -0.05) is 29.8 Å². The minimum Gasteiger partial charge on any atom is -0.469 e. The summed E-state index contributed by atoms with van der Waals surface area (Å²) >= 11 is 6.42. The van der Waals surface area contributed by atoms with Gasteiger partial charge in [-0.2, -0.15) is 0 Å². The van der Waals surface area contributed by atoms with Crippen LogP contribution in [-0.4, -0.2) is 59.6 Å². The van der Waals surface area contributed by atoms with E-state index in [0.717, 1.165) is 11.3 Å². The zero-order valence-electron chi connectivity index (χ0n) is 16.7. The van der Waals surface area contributed by atoms with Crippen molar-refractivity contribution in [1.82, 2.24) is 20.2 Å². The van der Waals surface area contributed by atoms with Gasteiger partial charge in [0.1, 0.15) is 12.1 Å². The molecule has 2 N–H and O–H groups in total. The van der Waals surface area contributed by atoms with Crippen molar-refractivity contribution in [3.63, 3.8) is 0 Å². The molecule has 1 aromatic carbocycles. The number of esters is 2. The van der Waals surface area contributed by atoms with E-state index in [0.29, 0.717) is 23.7 Å². The first-order valence-corrected chi connectivity index (χ1v) is 9.82. The number of halogens is 1. The summed E-state index contributed by atoms with van der Waals surface area (Å²) in [5, 5.41) is 3.19. The number of hydrogen-bond donors (Lipinski definition) is 2. The first-order chi connectivity index (χ1) is 14.5. The van der Waals surface area contributed by atoms with Crippen LogP contribution >= 0.6 is 11.6 Å². The fraction of sp³-hybridized carbons (Fsp3) is 0.400. The third kappa shape index (κ3) is 4.56. The number of carbonyl (C=O) groups excluding carboxylic acids is 3. The lowest BCUT2D eigenvalue weighted by atomic mass is 9.96. The van der Waals surface area contributed by atoms with Gasteiger partial charge in [-0.05, 0) is 18.1 Å². The van der Waals surface area contributed by atoms with E-state index in [9.17, 15) is 14.4 Å². The van der Waals surface area contributed by atoms with Crippen molar-refractivity contribution >= 4 is 29.6 Å². The first kappa shape index (κ1) is 21.6. The quantitative estimate of drug-likeness (QED) is 0.674. The molecule has 2 unspecified atom stereocenters. The number of rotatable bonds is 6. The number of fused-ring (bicyclic) bond motifs is 1. The first-order valence-electron chi connectivity index (χ1n) is 9.44. The van der Waals surface area contributed by atoms with E-state index in [1.54, 1.807) is 17.3 Å². The van der Waals surface area contributed by atoms with Gasteiger partial charge in [0.2, 0.25) is 0 Å². The third-order valence-electron chi connectivity index (χ3n) is 5.03. The Morgan fingerprint density at radius 1 is 1.30 bits per heavy atom. The molecule has 0 fully saturated rings. The maximum Gasteiger partial charge on any atom is 0.328 e. The number of ether oxygens (including phenoxy) is 2. The Kier molecular flexibility index (Phi) is 6.94. The normalized spacial score (nSPS) is 16.4. The van der Waals surface area contributed by atoms with Crippen molar-refractivity contribution in [2.45, 2.75) is 31.3 Å². The van der Waals surface area contributed by atoms with E-state index in [1.807, 2.05) is 18.2 Å². The van der Waals surface area contributed by atoms with E-state index in [-0.39, 0.29) is 12.8 Å². The van der Waals surface area contributed by atoms with Crippen LogP contribution in [0.5, 0.6) is 0 Å². The molecule has 160 valence electrons. The van der Waals surface area contributed by atoms with Crippen LogP contribution in [0, 0.1) is 0 Å². The number of amides is 2. The van der Waals surface area contributed by atoms with Crippen molar-refractivity contribution in [3.05, 3.63) is 52.6 Å². The topological polar surface area (TPSA) is 114 Å². The molecule has 1 aliphatic rings. The fourth-order valence-corrected chi connectivity index (χ4v) is 3.73. The number of nitrogens with zero attached hydrogens (tertiary/aromatic N) is 2. The highest BCUT2D eigenvalue weighted by Gasteiger charge is 2.36. The number of aromatic nitrogens is 2. The average Bonchev–Trinajstić information content (AvgIpc) is 3.24. The van der Waals surface area contributed by atoms with Crippen molar-refractivity contribution in [1.29, 1.82) is 0 Å². The van der Waals surface area contributed by atoms with Gasteiger partial charge in [0.25, 0.3) is 0 Å². The van der Waals surface area contributed by atoms with Gasteiger partial charge in [0.05, 0.1) is 26.2 Å². The number of aromatic amines is 1. The van der Waals surface area contributed by atoms with Crippen LogP contribution in [0.1, 0.15) is 35.8 Å². The molecule has 0 aliphatic carbocycles. The van der Waals surface area contributed by atoms with Gasteiger partial charge < -0.3 is 24.7 Å². The van der Waals surface area contributed by atoms with Gasteiger partial charge in [0.15, 0.2) is 0 Å². The summed E-state index contributed by atoms with van der Waals surface area (Å²) in [7, 11) is 2.49. The molecule has 0 spiro atoms. The molecule has 2 atom stereocenters. The van der Waals surface area contributed by atoms with Crippen LogP contribution in [0.4, 0.5) is 4.79 Å². The zero-order chi connectivity index (χ0) is 21.7. The molecular formula is C20H23ClN4O5. The van der Waals surface area contributed by atoms with Crippen LogP contribution in [0.15, 0.2) is 30.6 Å². The Bertz CT molecular complexity index is 931. The Morgan fingerprint density at radius 2 is 2.07 bits per heavy atom. The molecule has 0 bridgehead atoms. The summed E-state index contributed by atoms with van der Waals surface area (Å²) in [6, 6.07) is 5.25. The lowest BCUT2D eigenvalue weighted by molar-refractivity contribution is -0.144. The van der Waals surface area contributed by atoms with Gasteiger partial charge in [-0.3, -0.25) is 4.79 Å². The number of methoxy groups -OCH3 is 2. The molecule has 10 heteroatoms. The molecule has 0 radical (unpaired) electrons. The Labute approximate surface area is 178 Å². The van der Waals surface area contributed by atoms with Gasteiger partial charge >= 0.3 is 18.0 Å². The maximum atomic E-state index is 13.2. The molecule has 0 saturated carbocycles. The second kappa shape index (κ2) is 9.62. The Balaban J connectivity index is 1.86. The molecule has 30 heavy (non-hydrogen) atoms. The smallest absolute Gasteiger partial charge is 0.328 e. The molecule has 1 aliphatic heterocycles. The highest BCUT2D eigenvalue weighted by molar-refractivity contribution is 6.31. The van der Waals surface area contributed by atoms with Gasteiger partial charge in [0, 0.05) is 30.1 Å². The van der Waals surface area contributed by atoms with Crippen molar-refractivity contribution in [2.24, 2.45) is 0 Å². The summed E-state index contributed by atoms with van der Waals surface area (Å²) in [6.45, 7) is 0.391. The minimum absolute atomic E-state index is 0.0337. The second-order valence-electron chi connectivity index (χ2n) is 6.77. The van der Waals surface area contributed by atoms with Crippen LogP contribution in [0.3, 0.4) is 0 Å². The molecule has 3 rings (SSSR count). The van der Waals surface area contributed by atoms with Crippen molar-refractivity contribution < 1.29 is 23.9 Å². The third-order valence-corrected chi connectivity index (χ3v) is 5.38. The average molecular weight is 435 g/mol. The van der Waals surface area contributed by atoms with Crippen LogP contribution < -0.4 is 5.32 Å². The van der Waals surface area contributed by atoms with Crippen LogP contribution in [0.25, 0.3) is 0 Å². The second-order valence-corrected chi connectivity index (χ2v) is 7.18. The minimum atomic E-state index is -0.992. The molecule has 0 saturated heterocycles. The van der Waals surface area contributed by atoms with Crippen LogP contribution in [0.2, 0.25) is 5.02 Å². The fourth-order valence-electron chi connectivity index (χ4n) is 3.49. The van der Waals surface area contributed by atoms with E-state index in [1.165, 1.54) is 14.2 Å². The van der Waals surface area contributed by atoms with E-state index in [2.05, 4.69) is 20.0 Å². The highest BCUT2D eigenvalue weighted by Crippen LogP contribution is 2.36. The number of nitrogens with one attached hydrogen (secondary N) is 2. The molecule has 2 aromatic rings. The highest BCUT2D eigenvalue weighted by atomic mass is 35.5. The number of H-pyrrole nitrogens is 1. The molecule has 2 heterocycles. The predicted octanol–water partition coefficient (Wildman–Crippen LogP) is 2.21. The van der Waals surface area contributed by atoms with E-state index < -0.39 is 30.1 Å². The number of hydrogen-bond acceptors (Lipinski definition) is 6. The summed E-state index contributed by atoms with van der Waals surface area (Å²) in [5.41, 5.74) is 2.36. The van der Waals surface area contributed by atoms with Crippen molar-refractivity contribution in [2.75, 3.05) is 20.8 Å². The standard InChI is InChI=1S/C20H23ClN4O5/c1-29-16(26)8-7-15(19(27)30-2)24-20(28)25-10-9-14-17(23-11-22-14)18(25)12-5-3-4-6-13(12)21/h3-6,11,15,18H,7-10H2,1-2H3,(H,22,23)(H,24,28). The largest absolute Gasteiger partial charge is 0.469 e. The van der Waals surface area contributed by atoms with Gasteiger partial charge in [-0.15, -0.1) is 0 Å². The predicted molar refractivity (Wildman–Crippen MR) is 108 cm³/mol. The summed E-state index contributed by atoms with van der Waals surface area (Å²) in [4.78, 5) is 45.9. The SMILES string of the molecule is COC(=O)CCC(NC(=O)N1CCc2[nH]cnc2C1c1ccccc1Cl)C(=O)OC. The maximum absolute atomic E-state index is 13.2. The van der Waals surface area contributed by atoms with Crippen molar-refractivity contribution in [3.8, 4) is 0 Å². The molecule has 9 nitrogen and oxygen atoms in total. The number of benzene rings is 1. The van der Waals surface area contributed by atoms with Crippen LogP contribution in [-0.2, 0) is 25.5 Å². The zero-order valence-corrected chi connectivity index (χ0v) is 17.4. The molecule has 2 amide bonds. The lowest BCUT2D eigenvalue weighted by Gasteiger charge is -2.36. The molecular weight excluding hydrogens is 412 g/mol. The van der Waals surface area contributed by atoms with E-state index >= 15 is 0 Å². The van der Waals surface area contributed by atoms with Gasteiger partial charge in [-0.25, -0.2) is 14.6 Å². The summed E-state index contributed by atoms with van der Waals surface area (Å²) < 4.78 is 9.39. The monoisotopic (exact) mass is 434 g/mol. The number of urea groups is 1. The Morgan fingerprint density at radius 3 is 2.77 bits per heavy atom. The summed E-state index contributed by atoms with van der Waals surface area (Å²) in [5.74, 6) is -1.12. The summed E-state index contributed by atoms with van der Waals surface area (Å²) in [6.07, 6.45) is 2.19. The van der Waals surface area contributed by atoms with E-state index in [4.69, 9.17) is 16.3 Å². The number of imidazole rings is 1.